The summed E-state index contributed by atoms with van der Waals surface area (Å²) in [6, 6.07) is 13.9. The van der Waals surface area contributed by atoms with E-state index in [9.17, 15) is 14.4 Å². The molecule has 6 nitrogen and oxygen atoms in total. The lowest BCUT2D eigenvalue weighted by molar-refractivity contribution is -0.126. The molecule has 134 valence electrons. The lowest BCUT2D eigenvalue weighted by Gasteiger charge is -2.17. The van der Waals surface area contributed by atoms with Gasteiger partial charge in [-0.25, -0.2) is 0 Å². The summed E-state index contributed by atoms with van der Waals surface area (Å²) in [6.07, 6.45) is 0.0920. The van der Waals surface area contributed by atoms with Crippen molar-refractivity contribution in [2.45, 2.75) is 13.3 Å². The van der Waals surface area contributed by atoms with Gasteiger partial charge < -0.3 is 4.90 Å². The third kappa shape index (κ3) is 3.86. The van der Waals surface area contributed by atoms with Gasteiger partial charge in [0, 0.05) is 29.2 Å². The largest absolute Gasteiger partial charge is 0.312 e. The van der Waals surface area contributed by atoms with Gasteiger partial charge in [0.2, 0.25) is 11.8 Å². The first-order chi connectivity index (χ1) is 12.5. The number of hydrazine groups is 1. The molecule has 1 aliphatic heterocycles. The van der Waals surface area contributed by atoms with Crippen LogP contribution in [-0.2, 0) is 9.59 Å². The fraction of sp³-hybridized carbons (Fsp3) is 0.211. The summed E-state index contributed by atoms with van der Waals surface area (Å²) in [4.78, 5) is 38.2. The van der Waals surface area contributed by atoms with Crippen LogP contribution in [0.2, 0.25) is 5.02 Å². The quantitative estimate of drug-likeness (QED) is 0.813. The van der Waals surface area contributed by atoms with Gasteiger partial charge in [0.05, 0.1) is 5.92 Å². The third-order valence-electron chi connectivity index (χ3n) is 4.32. The Labute approximate surface area is 156 Å². The van der Waals surface area contributed by atoms with E-state index in [1.165, 1.54) is 0 Å². The van der Waals surface area contributed by atoms with Gasteiger partial charge in [0.1, 0.15) is 0 Å². The van der Waals surface area contributed by atoms with Crippen molar-refractivity contribution in [1.82, 2.24) is 10.9 Å². The van der Waals surface area contributed by atoms with Crippen LogP contribution in [0.5, 0.6) is 0 Å². The van der Waals surface area contributed by atoms with E-state index in [1.807, 2.05) is 19.1 Å². The molecule has 1 fully saturated rings. The maximum Gasteiger partial charge on any atom is 0.269 e. The van der Waals surface area contributed by atoms with E-state index < -0.39 is 17.7 Å². The number of aryl methyl sites for hydroxylation is 1. The minimum absolute atomic E-state index is 0.0920. The molecule has 26 heavy (non-hydrogen) atoms. The van der Waals surface area contributed by atoms with Crippen molar-refractivity contribution < 1.29 is 14.4 Å². The molecule has 0 aliphatic carbocycles. The van der Waals surface area contributed by atoms with E-state index in [2.05, 4.69) is 10.9 Å². The van der Waals surface area contributed by atoms with E-state index in [-0.39, 0.29) is 18.9 Å². The predicted molar refractivity (Wildman–Crippen MR) is 98.7 cm³/mol. The van der Waals surface area contributed by atoms with E-state index in [0.717, 1.165) is 5.56 Å². The number of hydrogen-bond donors (Lipinski definition) is 2. The second-order valence-electron chi connectivity index (χ2n) is 6.14. The Morgan fingerprint density at radius 3 is 2.46 bits per heavy atom. The van der Waals surface area contributed by atoms with Gasteiger partial charge in [-0.05, 0) is 42.8 Å². The first kappa shape index (κ1) is 17.9. The summed E-state index contributed by atoms with van der Waals surface area (Å²) in [6.45, 7) is 2.07. The van der Waals surface area contributed by atoms with Gasteiger partial charge in [0.15, 0.2) is 0 Å². The number of rotatable bonds is 3. The molecule has 7 heteroatoms. The second kappa shape index (κ2) is 7.58. The normalized spacial score (nSPS) is 16.5. The zero-order valence-electron chi connectivity index (χ0n) is 14.2. The maximum absolute atomic E-state index is 12.3. The molecule has 0 aromatic heterocycles. The first-order valence-electron chi connectivity index (χ1n) is 8.17. The van der Waals surface area contributed by atoms with Crippen molar-refractivity contribution in [2.75, 3.05) is 11.4 Å². The van der Waals surface area contributed by atoms with E-state index >= 15 is 0 Å². The van der Waals surface area contributed by atoms with Gasteiger partial charge in [-0.15, -0.1) is 0 Å². The van der Waals surface area contributed by atoms with Crippen molar-refractivity contribution >= 4 is 35.0 Å². The Morgan fingerprint density at radius 1 is 1.08 bits per heavy atom. The summed E-state index contributed by atoms with van der Waals surface area (Å²) < 4.78 is 0. The van der Waals surface area contributed by atoms with Gasteiger partial charge in [-0.3, -0.25) is 25.2 Å². The topological polar surface area (TPSA) is 78.5 Å². The van der Waals surface area contributed by atoms with Crippen LogP contribution in [0.1, 0.15) is 22.3 Å². The number of halogens is 1. The van der Waals surface area contributed by atoms with E-state index in [1.54, 1.807) is 41.3 Å². The van der Waals surface area contributed by atoms with Crippen LogP contribution in [0.25, 0.3) is 0 Å². The molecule has 2 N–H and O–H groups in total. The smallest absolute Gasteiger partial charge is 0.269 e. The summed E-state index contributed by atoms with van der Waals surface area (Å²) in [5, 5.41) is 0.577. The molecule has 1 atom stereocenters. The molecule has 3 amide bonds. The molecule has 0 spiro atoms. The van der Waals surface area contributed by atoms with Crippen LogP contribution in [0, 0.1) is 12.8 Å². The van der Waals surface area contributed by atoms with Crippen molar-refractivity contribution in [3.63, 3.8) is 0 Å². The van der Waals surface area contributed by atoms with Crippen LogP contribution < -0.4 is 15.8 Å². The minimum Gasteiger partial charge on any atom is -0.312 e. The Balaban J connectivity index is 1.59. The number of amides is 3. The van der Waals surface area contributed by atoms with Crippen LogP contribution in [0.15, 0.2) is 48.5 Å². The molecule has 0 bridgehead atoms. The van der Waals surface area contributed by atoms with E-state index in [0.29, 0.717) is 16.3 Å². The Bertz CT molecular complexity index is 851. The molecular weight excluding hydrogens is 354 g/mol. The van der Waals surface area contributed by atoms with Crippen LogP contribution in [-0.4, -0.2) is 24.3 Å². The molecule has 0 radical (unpaired) electrons. The highest BCUT2D eigenvalue weighted by molar-refractivity contribution is 6.30. The highest BCUT2D eigenvalue weighted by Crippen LogP contribution is 2.26. The highest BCUT2D eigenvalue weighted by Gasteiger charge is 2.35. The number of nitrogens with zero attached hydrogens (tertiary/aromatic N) is 1. The second-order valence-corrected chi connectivity index (χ2v) is 6.58. The summed E-state index contributed by atoms with van der Waals surface area (Å²) >= 11 is 5.86. The average molecular weight is 372 g/mol. The highest BCUT2D eigenvalue weighted by atomic mass is 35.5. The summed E-state index contributed by atoms with van der Waals surface area (Å²) in [5.74, 6) is -1.46. The van der Waals surface area contributed by atoms with Crippen molar-refractivity contribution in [3.8, 4) is 0 Å². The molecular formula is C19H18ClN3O3. The average Bonchev–Trinajstić information content (AvgIpc) is 3.02. The van der Waals surface area contributed by atoms with Gasteiger partial charge in [0.25, 0.3) is 5.91 Å². The monoisotopic (exact) mass is 371 g/mol. The van der Waals surface area contributed by atoms with E-state index in [4.69, 9.17) is 11.6 Å². The molecule has 1 aliphatic rings. The third-order valence-corrected chi connectivity index (χ3v) is 4.58. The number of nitrogens with one attached hydrogen (secondary N) is 2. The summed E-state index contributed by atoms with van der Waals surface area (Å²) in [5.41, 5.74) is 6.81. The number of anilines is 1. The molecule has 2 aromatic carbocycles. The zero-order valence-corrected chi connectivity index (χ0v) is 14.9. The summed E-state index contributed by atoms with van der Waals surface area (Å²) in [7, 11) is 0. The fourth-order valence-corrected chi connectivity index (χ4v) is 3.00. The maximum atomic E-state index is 12.3. The van der Waals surface area contributed by atoms with Crippen LogP contribution in [0.4, 0.5) is 5.69 Å². The standard InChI is InChI=1S/C19H18ClN3O3/c1-12-4-2-3-5-16(12)19(26)22-21-18(25)13-10-17(24)23(11-13)15-8-6-14(20)7-9-15/h2-9,13H,10-11H2,1H3,(H,21,25)(H,22,26)/t13-/m0/s1. The van der Waals surface area contributed by atoms with Gasteiger partial charge >= 0.3 is 0 Å². The predicted octanol–water partition coefficient (Wildman–Crippen LogP) is 2.46. The molecule has 0 saturated carbocycles. The zero-order chi connectivity index (χ0) is 18.7. The number of hydrogen-bond acceptors (Lipinski definition) is 3. The Hall–Kier alpha value is -2.86. The number of benzene rings is 2. The van der Waals surface area contributed by atoms with Gasteiger partial charge in [-0.1, -0.05) is 29.8 Å². The minimum atomic E-state index is -0.532. The van der Waals surface area contributed by atoms with Crippen LogP contribution >= 0.6 is 11.6 Å². The molecule has 1 saturated heterocycles. The first-order valence-corrected chi connectivity index (χ1v) is 8.55. The lowest BCUT2D eigenvalue weighted by atomic mass is 10.1. The Kier molecular flexibility index (Phi) is 5.23. The van der Waals surface area contributed by atoms with Crippen LogP contribution in [0.3, 0.4) is 0 Å². The number of carbonyl (C=O) groups excluding carboxylic acids is 3. The van der Waals surface area contributed by atoms with Crippen molar-refractivity contribution in [3.05, 3.63) is 64.7 Å². The lowest BCUT2D eigenvalue weighted by Crippen LogP contribution is -2.45. The van der Waals surface area contributed by atoms with Crippen molar-refractivity contribution in [2.24, 2.45) is 5.92 Å². The molecule has 1 heterocycles. The fourth-order valence-electron chi connectivity index (χ4n) is 2.87. The SMILES string of the molecule is Cc1ccccc1C(=O)NNC(=O)[C@H]1CC(=O)N(c2ccc(Cl)cc2)C1. The molecule has 2 aromatic rings. The number of carbonyl (C=O) groups is 3. The van der Waals surface area contributed by atoms with Gasteiger partial charge in [-0.2, -0.15) is 0 Å². The Morgan fingerprint density at radius 2 is 1.77 bits per heavy atom. The molecule has 0 unspecified atom stereocenters. The molecule has 3 rings (SSSR count). The van der Waals surface area contributed by atoms with Crippen molar-refractivity contribution in [1.29, 1.82) is 0 Å².